The fourth-order valence-corrected chi connectivity index (χ4v) is 3.44. The summed E-state index contributed by atoms with van der Waals surface area (Å²) in [7, 11) is 0. The molecule has 19 heavy (non-hydrogen) atoms. The van der Waals surface area contributed by atoms with Gasteiger partial charge in [0.25, 0.3) is 0 Å². The molecule has 2 atom stereocenters. The zero-order valence-corrected chi connectivity index (χ0v) is 11.5. The first-order chi connectivity index (χ1) is 9.33. The Morgan fingerprint density at radius 1 is 1.00 bits per heavy atom. The summed E-state index contributed by atoms with van der Waals surface area (Å²) in [5, 5.41) is 9.99. The van der Waals surface area contributed by atoms with Crippen molar-refractivity contribution in [3.8, 4) is 0 Å². The molecule has 1 aliphatic heterocycles. The molecule has 3 nitrogen and oxygen atoms in total. The predicted molar refractivity (Wildman–Crippen MR) is 76.9 cm³/mol. The van der Waals surface area contributed by atoms with E-state index in [1.807, 2.05) is 0 Å². The highest BCUT2D eigenvalue weighted by Gasteiger charge is 2.32. The van der Waals surface area contributed by atoms with Crippen LogP contribution in [-0.2, 0) is 6.54 Å². The third-order valence-corrected chi connectivity index (χ3v) is 4.57. The number of nitrogens with zero attached hydrogens (tertiary/aromatic N) is 2. The second kappa shape index (κ2) is 6.04. The van der Waals surface area contributed by atoms with Gasteiger partial charge >= 0.3 is 0 Å². The SMILES string of the molecule is O[C@H]1CCC[C@@H]1N1CCN(Cc2ccccc2)CC1. The maximum Gasteiger partial charge on any atom is 0.0695 e. The Morgan fingerprint density at radius 3 is 2.37 bits per heavy atom. The maximum absolute atomic E-state index is 9.99. The minimum Gasteiger partial charge on any atom is -0.391 e. The molecule has 1 aromatic rings. The molecule has 1 N–H and O–H groups in total. The zero-order valence-electron chi connectivity index (χ0n) is 11.5. The first-order valence-corrected chi connectivity index (χ1v) is 7.51. The van der Waals surface area contributed by atoms with E-state index < -0.39 is 0 Å². The predicted octanol–water partition coefficient (Wildman–Crippen LogP) is 1.72. The van der Waals surface area contributed by atoms with E-state index >= 15 is 0 Å². The number of benzene rings is 1. The second-order valence-electron chi connectivity index (χ2n) is 5.86. The molecule has 2 aliphatic rings. The molecule has 0 amide bonds. The van der Waals surface area contributed by atoms with E-state index in [1.165, 1.54) is 18.4 Å². The van der Waals surface area contributed by atoms with Crippen LogP contribution in [0.25, 0.3) is 0 Å². The van der Waals surface area contributed by atoms with Crippen LogP contribution in [0.2, 0.25) is 0 Å². The lowest BCUT2D eigenvalue weighted by atomic mass is 10.1. The Kier molecular flexibility index (Phi) is 4.16. The van der Waals surface area contributed by atoms with Gasteiger partial charge in [-0.25, -0.2) is 0 Å². The van der Waals surface area contributed by atoms with E-state index in [0.717, 1.165) is 39.1 Å². The van der Waals surface area contributed by atoms with Crippen LogP contribution in [0.4, 0.5) is 0 Å². The number of hydrogen-bond donors (Lipinski definition) is 1. The molecular formula is C16H24N2O. The van der Waals surface area contributed by atoms with E-state index in [0.29, 0.717) is 6.04 Å². The van der Waals surface area contributed by atoms with E-state index in [1.54, 1.807) is 0 Å². The molecule has 0 aromatic heterocycles. The largest absolute Gasteiger partial charge is 0.391 e. The smallest absolute Gasteiger partial charge is 0.0695 e. The molecule has 3 heteroatoms. The van der Waals surface area contributed by atoms with Crippen molar-refractivity contribution >= 4 is 0 Å². The minimum atomic E-state index is -0.0827. The molecule has 1 aliphatic carbocycles. The van der Waals surface area contributed by atoms with E-state index in [9.17, 15) is 5.11 Å². The average molecular weight is 260 g/mol. The Bertz CT molecular complexity index is 387. The van der Waals surface area contributed by atoms with Gasteiger partial charge in [-0.2, -0.15) is 0 Å². The monoisotopic (exact) mass is 260 g/mol. The van der Waals surface area contributed by atoms with Crippen LogP contribution in [0.1, 0.15) is 24.8 Å². The lowest BCUT2D eigenvalue weighted by Crippen LogP contribution is -2.51. The van der Waals surface area contributed by atoms with Gasteiger partial charge in [-0.1, -0.05) is 30.3 Å². The van der Waals surface area contributed by atoms with Crippen LogP contribution >= 0.6 is 0 Å². The van der Waals surface area contributed by atoms with E-state index in [2.05, 4.69) is 40.1 Å². The van der Waals surface area contributed by atoms with Gasteiger partial charge in [-0.15, -0.1) is 0 Å². The van der Waals surface area contributed by atoms with Crippen molar-refractivity contribution in [2.45, 2.75) is 38.0 Å². The topological polar surface area (TPSA) is 26.7 Å². The summed E-state index contributed by atoms with van der Waals surface area (Å²) < 4.78 is 0. The first-order valence-electron chi connectivity index (χ1n) is 7.51. The molecule has 0 spiro atoms. The summed E-state index contributed by atoms with van der Waals surface area (Å²) in [6.45, 7) is 5.52. The van der Waals surface area contributed by atoms with Gasteiger partial charge in [0.05, 0.1) is 6.10 Å². The van der Waals surface area contributed by atoms with Crippen molar-refractivity contribution < 1.29 is 5.11 Å². The molecule has 0 unspecified atom stereocenters. The van der Waals surface area contributed by atoms with Crippen molar-refractivity contribution in [3.63, 3.8) is 0 Å². The van der Waals surface area contributed by atoms with Gasteiger partial charge < -0.3 is 5.11 Å². The summed E-state index contributed by atoms with van der Waals surface area (Å²) in [6, 6.07) is 11.1. The first kappa shape index (κ1) is 13.1. The summed E-state index contributed by atoms with van der Waals surface area (Å²) in [5.41, 5.74) is 1.40. The Hall–Kier alpha value is -0.900. The van der Waals surface area contributed by atoms with Crippen LogP contribution in [-0.4, -0.2) is 53.2 Å². The fraction of sp³-hybridized carbons (Fsp3) is 0.625. The van der Waals surface area contributed by atoms with E-state index in [4.69, 9.17) is 0 Å². The summed E-state index contributed by atoms with van der Waals surface area (Å²) in [4.78, 5) is 5.02. The molecule has 0 bridgehead atoms. The van der Waals surface area contributed by atoms with Crippen LogP contribution in [0.5, 0.6) is 0 Å². The van der Waals surface area contributed by atoms with Gasteiger partial charge in [0, 0.05) is 38.8 Å². The van der Waals surface area contributed by atoms with Crippen LogP contribution < -0.4 is 0 Å². The maximum atomic E-state index is 9.99. The zero-order chi connectivity index (χ0) is 13.1. The van der Waals surface area contributed by atoms with Gasteiger partial charge in [0.1, 0.15) is 0 Å². The highest BCUT2D eigenvalue weighted by Crippen LogP contribution is 2.25. The molecule has 1 aromatic carbocycles. The van der Waals surface area contributed by atoms with E-state index in [-0.39, 0.29) is 6.10 Å². The number of rotatable bonds is 3. The Morgan fingerprint density at radius 2 is 1.74 bits per heavy atom. The third-order valence-electron chi connectivity index (χ3n) is 4.57. The number of aliphatic hydroxyl groups excluding tert-OH is 1. The van der Waals surface area contributed by atoms with Crippen molar-refractivity contribution in [1.82, 2.24) is 9.80 Å². The third kappa shape index (κ3) is 3.16. The lowest BCUT2D eigenvalue weighted by Gasteiger charge is -2.39. The van der Waals surface area contributed by atoms with Crippen molar-refractivity contribution in [3.05, 3.63) is 35.9 Å². The van der Waals surface area contributed by atoms with Crippen molar-refractivity contribution in [2.75, 3.05) is 26.2 Å². The van der Waals surface area contributed by atoms with Gasteiger partial charge in [0.15, 0.2) is 0 Å². The Balaban J connectivity index is 1.49. The number of hydrogen-bond acceptors (Lipinski definition) is 3. The van der Waals surface area contributed by atoms with Gasteiger partial charge in [-0.05, 0) is 24.8 Å². The second-order valence-corrected chi connectivity index (χ2v) is 5.86. The van der Waals surface area contributed by atoms with Crippen LogP contribution in [0.3, 0.4) is 0 Å². The molecule has 0 radical (unpaired) electrons. The fourth-order valence-electron chi connectivity index (χ4n) is 3.44. The minimum absolute atomic E-state index is 0.0827. The molecule has 1 saturated carbocycles. The van der Waals surface area contributed by atoms with Gasteiger partial charge in [0.2, 0.25) is 0 Å². The summed E-state index contributed by atoms with van der Waals surface area (Å²) >= 11 is 0. The quantitative estimate of drug-likeness (QED) is 0.896. The summed E-state index contributed by atoms with van der Waals surface area (Å²) in [6.07, 6.45) is 3.28. The van der Waals surface area contributed by atoms with Crippen LogP contribution in [0, 0.1) is 0 Å². The Labute approximate surface area is 115 Å². The molecular weight excluding hydrogens is 236 g/mol. The molecule has 3 rings (SSSR count). The molecule has 104 valence electrons. The van der Waals surface area contributed by atoms with Crippen LogP contribution in [0.15, 0.2) is 30.3 Å². The average Bonchev–Trinajstić information content (AvgIpc) is 2.87. The highest BCUT2D eigenvalue weighted by atomic mass is 16.3. The van der Waals surface area contributed by atoms with Gasteiger partial charge in [-0.3, -0.25) is 9.80 Å². The molecule has 1 heterocycles. The lowest BCUT2D eigenvalue weighted by molar-refractivity contribution is 0.0336. The normalized spacial score (nSPS) is 29.7. The summed E-state index contributed by atoms with van der Waals surface area (Å²) in [5.74, 6) is 0. The molecule has 1 saturated heterocycles. The van der Waals surface area contributed by atoms with Crippen molar-refractivity contribution in [2.24, 2.45) is 0 Å². The molecule has 2 fully saturated rings. The number of aliphatic hydroxyl groups is 1. The standard InChI is InChI=1S/C16H24N2O/c19-16-8-4-7-15(16)18-11-9-17(10-12-18)13-14-5-2-1-3-6-14/h1-3,5-6,15-16,19H,4,7-13H2/t15-,16-/m0/s1. The highest BCUT2D eigenvalue weighted by molar-refractivity contribution is 5.14. The number of piperazine rings is 1. The van der Waals surface area contributed by atoms with Crippen molar-refractivity contribution in [1.29, 1.82) is 0 Å².